The number of piperidine rings is 2. The van der Waals surface area contributed by atoms with E-state index in [1.807, 2.05) is 43.9 Å². The van der Waals surface area contributed by atoms with Gasteiger partial charge in [-0.2, -0.15) is 13.5 Å². The molecule has 3 atom stereocenters. The fourth-order valence-corrected chi connectivity index (χ4v) is 5.87. The minimum absolute atomic E-state index is 0. The SMILES string of the molecule is CC(C)(C)OC(=O)N1CC2CC(C1)CN(C(=O)[C@@H]1CCC(=O)N1Cc1ccc3ccccc3c1)C2.S. The highest BCUT2D eigenvalue weighted by Crippen LogP contribution is 2.32. The smallest absolute Gasteiger partial charge is 0.410 e. The van der Waals surface area contributed by atoms with Crippen LogP contribution in [-0.4, -0.2) is 70.4 Å². The number of ether oxygens (including phenoxy) is 1. The standard InChI is InChI=1S/C28H35N3O4.H2S/c1-28(2,3)35-27(34)30-16-20-12-21(17-30)15-29(14-20)26(33)24-10-11-25(32)31(24)18-19-8-9-22-6-4-5-7-23(22)13-19;/h4-9,13,20-21,24H,10-12,14-18H2,1-3H3;1H2/t20?,21?,24-;/m0./s1. The monoisotopic (exact) mass is 511 g/mol. The number of carbonyl (C=O) groups is 3. The Balaban J connectivity index is 0.00000304. The summed E-state index contributed by atoms with van der Waals surface area (Å²) in [5.74, 6) is 0.580. The number of likely N-dealkylation sites (tertiary alicyclic amines) is 3. The van der Waals surface area contributed by atoms with Gasteiger partial charge in [-0.15, -0.1) is 0 Å². The zero-order chi connectivity index (χ0) is 24.7. The second-order valence-corrected chi connectivity index (χ2v) is 11.4. The summed E-state index contributed by atoms with van der Waals surface area (Å²) < 4.78 is 5.57. The quantitative estimate of drug-likeness (QED) is 0.621. The Hall–Kier alpha value is -2.74. The van der Waals surface area contributed by atoms with Gasteiger partial charge in [0.2, 0.25) is 11.8 Å². The van der Waals surface area contributed by atoms with Crippen LogP contribution in [0.4, 0.5) is 4.79 Å². The van der Waals surface area contributed by atoms with Crippen LogP contribution in [0.2, 0.25) is 0 Å². The van der Waals surface area contributed by atoms with Gasteiger partial charge in [0.1, 0.15) is 11.6 Å². The van der Waals surface area contributed by atoms with Crippen molar-refractivity contribution >= 4 is 42.2 Å². The number of benzene rings is 2. The molecule has 3 fully saturated rings. The van der Waals surface area contributed by atoms with E-state index in [2.05, 4.69) is 24.3 Å². The van der Waals surface area contributed by atoms with E-state index >= 15 is 0 Å². The van der Waals surface area contributed by atoms with Crippen molar-refractivity contribution < 1.29 is 19.1 Å². The van der Waals surface area contributed by atoms with Crippen LogP contribution < -0.4 is 0 Å². The van der Waals surface area contributed by atoms with Crippen LogP contribution in [-0.2, 0) is 20.9 Å². The second kappa shape index (κ2) is 10.3. The highest BCUT2D eigenvalue weighted by atomic mass is 32.1. The van der Waals surface area contributed by atoms with E-state index in [9.17, 15) is 14.4 Å². The van der Waals surface area contributed by atoms with Crippen molar-refractivity contribution in [3.05, 3.63) is 48.0 Å². The van der Waals surface area contributed by atoms with Crippen LogP contribution in [0.15, 0.2) is 42.5 Å². The number of fused-ring (bicyclic) bond motifs is 3. The third-order valence-corrected chi connectivity index (χ3v) is 7.32. The average molecular weight is 512 g/mol. The van der Waals surface area contributed by atoms with E-state index in [1.54, 1.807) is 9.80 Å². The summed E-state index contributed by atoms with van der Waals surface area (Å²) in [6.07, 6.45) is 1.74. The predicted molar refractivity (Wildman–Crippen MR) is 144 cm³/mol. The van der Waals surface area contributed by atoms with Gasteiger partial charge in [-0.25, -0.2) is 4.79 Å². The fraction of sp³-hybridized carbons (Fsp3) is 0.536. The first-order valence-corrected chi connectivity index (χ1v) is 12.7. The second-order valence-electron chi connectivity index (χ2n) is 11.4. The van der Waals surface area contributed by atoms with Gasteiger partial charge in [-0.3, -0.25) is 9.59 Å². The van der Waals surface area contributed by atoms with Crippen LogP contribution in [0.3, 0.4) is 0 Å². The lowest BCUT2D eigenvalue weighted by atomic mass is 9.84. The number of nitrogens with zero attached hydrogens (tertiary/aromatic N) is 3. The van der Waals surface area contributed by atoms with Gasteiger partial charge in [0, 0.05) is 39.1 Å². The minimum atomic E-state index is -0.519. The van der Waals surface area contributed by atoms with Crippen molar-refractivity contribution in [2.45, 2.75) is 58.2 Å². The molecule has 2 aromatic rings. The Morgan fingerprint density at radius 2 is 1.58 bits per heavy atom. The maximum atomic E-state index is 13.6. The first-order valence-electron chi connectivity index (χ1n) is 12.7. The van der Waals surface area contributed by atoms with Gasteiger partial charge in [0.15, 0.2) is 0 Å². The molecule has 8 heteroatoms. The summed E-state index contributed by atoms with van der Waals surface area (Å²) in [4.78, 5) is 44.5. The number of carbonyl (C=O) groups excluding carboxylic acids is 3. The third kappa shape index (κ3) is 5.64. The van der Waals surface area contributed by atoms with E-state index in [1.165, 1.54) is 0 Å². The number of amides is 3. The van der Waals surface area contributed by atoms with Gasteiger partial charge in [-0.1, -0.05) is 36.4 Å². The van der Waals surface area contributed by atoms with E-state index < -0.39 is 11.6 Å². The van der Waals surface area contributed by atoms with Crippen molar-refractivity contribution in [3.8, 4) is 0 Å². The molecule has 36 heavy (non-hydrogen) atoms. The lowest BCUT2D eigenvalue weighted by Gasteiger charge is -2.46. The highest BCUT2D eigenvalue weighted by Gasteiger charge is 2.43. The molecule has 2 unspecified atom stereocenters. The van der Waals surface area contributed by atoms with Crippen molar-refractivity contribution in [3.63, 3.8) is 0 Å². The van der Waals surface area contributed by atoms with E-state index in [0.717, 1.165) is 22.8 Å². The molecule has 3 aliphatic heterocycles. The van der Waals surface area contributed by atoms with Crippen LogP contribution >= 0.6 is 13.5 Å². The maximum absolute atomic E-state index is 13.6. The Morgan fingerprint density at radius 1 is 0.944 bits per heavy atom. The summed E-state index contributed by atoms with van der Waals surface area (Å²) in [5, 5.41) is 2.30. The molecule has 3 aliphatic rings. The first kappa shape index (κ1) is 26.3. The summed E-state index contributed by atoms with van der Waals surface area (Å²) in [5.41, 5.74) is 0.523. The Kier molecular flexibility index (Phi) is 7.55. The normalized spacial score (nSPS) is 24.0. The van der Waals surface area contributed by atoms with Crippen LogP contribution in [0.1, 0.15) is 45.6 Å². The predicted octanol–water partition coefficient (Wildman–Crippen LogP) is 4.16. The van der Waals surface area contributed by atoms with Crippen molar-refractivity contribution in [2.75, 3.05) is 26.2 Å². The van der Waals surface area contributed by atoms with Gasteiger partial charge >= 0.3 is 6.09 Å². The van der Waals surface area contributed by atoms with Gasteiger partial charge in [0.05, 0.1) is 0 Å². The average Bonchev–Trinajstić information content (AvgIpc) is 3.16. The molecule has 2 aromatic carbocycles. The molecule has 0 N–H and O–H groups in total. The van der Waals surface area contributed by atoms with E-state index in [-0.39, 0.29) is 43.2 Å². The molecule has 194 valence electrons. The molecule has 0 spiro atoms. The van der Waals surface area contributed by atoms with Crippen LogP contribution in [0, 0.1) is 11.8 Å². The summed E-state index contributed by atoms with van der Waals surface area (Å²) >= 11 is 0. The molecule has 0 aliphatic carbocycles. The Labute approximate surface area is 220 Å². The maximum Gasteiger partial charge on any atom is 0.410 e. The molecule has 3 saturated heterocycles. The van der Waals surface area contributed by atoms with Crippen molar-refractivity contribution in [1.29, 1.82) is 0 Å². The molecule has 2 bridgehead atoms. The molecular formula is C28H37N3O4S. The third-order valence-electron chi connectivity index (χ3n) is 7.32. The molecule has 7 nitrogen and oxygen atoms in total. The van der Waals surface area contributed by atoms with Crippen molar-refractivity contribution in [1.82, 2.24) is 14.7 Å². The summed E-state index contributed by atoms with van der Waals surface area (Å²) in [6, 6.07) is 14.0. The number of rotatable bonds is 3. The molecule has 0 radical (unpaired) electrons. The highest BCUT2D eigenvalue weighted by molar-refractivity contribution is 7.59. The largest absolute Gasteiger partial charge is 0.444 e. The molecular weight excluding hydrogens is 474 g/mol. The molecule has 0 saturated carbocycles. The van der Waals surface area contributed by atoms with Gasteiger partial charge in [0.25, 0.3) is 0 Å². The summed E-state index contributed by atoms with van der Waals surface area (Å²) in [7, 11) is 0. The van der Waals surface area contributed by atoms with Gasteiger partial charge < -0.3 is 19.4 Å². The lowest BCUT2D eigenvalue weighted by Crippen LogP contribution is -2.58. The fourth-order valence-electron chi connectivity index (χ4n) is 5.87. The topological polar surface area (TPSA) is 70.2 Å². The molecule has 3 heterocycles. The minimum Gasteiger partial charge on any atom is -0.444 e. The Bertz CT molecular complexity index is 1130. The number of hydrogen-bond acceptors (Lipinski definition) is 4. The Morgan fingerprint density at radius 3 is 2.25 bits per heavy atom. The van der Waals surface area contributed by atoms with E-state index in [4.69, 9.17) is 4.74 Å². The van der Waals surface area contributed by atoms with Crippen molar-refractivity contribution in [2.24, 2.45) is 11.8 Å². The molecule has 5 rings (SSSR count). The summed E-state index contributed by atoms with van der Waals surface area (Å²) in [6.45, 7) is 8.56. The van der Waals surface area contributed by atoms with Gasteiger partial charge in [-0.05, 0) is 67.9 Å². The number of hydrogen-bond donors (Lipinski definition) is 0. The zero-order valence-electron chi connectivity index (χ0n) is 21.4. The van der Waals surface area contributed by atoms with E-state index in [0.29, 0.717) is 45.6 Å². The first-order chi connectivity index (χ1) is 16.7. The molecule has 0 aromatic heterocycles. The van der Waals surface area contributed by atoms with Crippen LogP contribution in [0.25, 0.3) is 10.8 Å². The van der Waals surface area contributed by atoms with Crippen LogP contribution in [0.5, 0.6) is 0 Å². The lowest BCUT2D eigenvalue weighted by molar-refractivity contribution is -0.145. The molecule has 3 amide bonds. The zero-order valence-corrected chi connectivity index (χ0v) is 22.4.